The van der Waals surface area contributed by atoms with Gasteiger partial charge in [0, 0.05) is 17.3 Å². The number of sulfone groups is 1. The van der Waals surface area contributed by atoms with Gasteiger partial charge in [-0.2, -0.15) is 0 Å². The number of rotatable bonds is 5. The van der Waals surface area contributed by atoms with Gasteiger partial charge in [0.15, 0.2) is 9.84 Å². The van der Waals surface area contributed by atoms with Crippen molar-refractivity contribution in [1.82, 2.24) is 0 Å². The van der Waals surface area contributed by atoms with E-state index in [0.29, 0.717) is 11.3 Å². The number of fused-ring (bicyclic) bond motifs is 1. The Bertz CT molecular complexity index is 1060. The lowest BCUT2D eigenvalue weighted by atomic mass is 10.1. The predicted octanol–water partition coefficient (Wildman–Crippen LogP) is 1.76. The summed E-state index contributed by atoms with van der Waals surface area (Å²) in [5.74, 6) is -2.25. The number of carboxylic acid groups (broad SMARTS) is 1. The van der Waals surface area contributed by atoms with Crippen LogP contribution in [0.2, 0.25) is 0 Å². The topological polar surface area (TPSA) is 144 Å². The Kier molecular flexibility index (Phi) is 4.20. The number of carboxylic acids is 1. The van der Waals surface area contributed by atoms with Crippen molar-refractivity contribution in [3.8, 4) is 0 Å². The van der Waals surface area contributed by atoms with Crippen molar-refractivity contribution < 1.29 is 28.0 Å². The first kappa shape index (κ1) is 17.5. The maximum atomic E-state index is 12.6. The highest BCUT2D eigenvalue weighted by molar-refractivity contribution is 7.90. The lowest BCUT2D eigenvalue weighted by Gasteiger charge is -2.08. The second-order valence-electron chi connectivity index (χ2n) is 5.71. The Morgan fingerprint density at radius 3 is 2.62 bits per heavy atom. The number of carbonyl (C=O) groups is 2. The third-order valence-electron chi connectivity index (χ3n) is 3.94. The van der Waals surface area contributed by atoms with E-state index in [1.807, 2.05) is 0 Å². The van der Waals surface area contributed by atoms with E-state index in [4.69, 9.17) is 5.11 Å². The minimum Gasteiger partial charge on any atom is -0.478 e. The fraction of sp³-hybridized carbons (Fsp3) is 0.125. The molecule has 3 rings (SSSR count). The number of aromatic carboxylic acids is 1. The largest absolute Gasteiger partial charge is 0.478 e. The molecule has 1 aliphatic rings. The molecule has 0 fully saturated rings. The van der Waals surface area contributed by atoms with Gasteiger partial charge in [0.2, 0.25) is 5.91 Å². The summed E-state index contributed by atoms with van der Waals surface area (Å²) in [4.78, 5) is 32.6. The van der Waals surface area contributed by atoms with Gasteiger partial charge < -0.3 is 10.4 Å². The molecule has 1 heterocycles. The average molecular weight is 376 g/mol. The summed E-state index contributed by atoms with van der Waals surface area (Å²) in [6, 6.07) is 7.22. The molecular weight excluding hydrogens is 364 g/mol. The number of benzene rings is 2. The van der Waals surface area contributed by atoms with Crippen LogP contribution in [0.4, 0.5) is 11.4 Å². The van der Waals surface area contributed by atoms with Crippen LogP contribution in [0.3, 0.4) is 0 Å². The lowest BCUT2D eigenvalue weighted by Crippen LogP contribution is -2.08. The Balaban J connectivity index is 1.98. The monoisotopic (exact) mass is 376 g/mol. The summed E-state index contributed by atoms with van der Waals surface area (Å²) in [6.45, 7) is 0. The Hall–Kier alpha value is -3.27. The molecule has 0 radical (unpaired) electrons. The summed E-state index contributed by atoms with van der Waals surface area (Å²) in [5.41, 5.74) is 0.0682. The van der Waals surface area contributed by atoms with Crippen LogP contribution in [-0.4, -0.2) is 30.3 Å². The van der Waals surface area contributed by atoms with Gasteiger partial charge in [0.05, 0.1) is 27.6 Å². The number of hydrogen-bond donors (Lipinski definition) is 2. The molecule has 134 valence electrons. The molecule has 2 N–H and O–H groups in total. The minimum absolute atomic E-state index is 0.0617. The number of anilines is 1. The summed E-state index contributed by atoms with van der Waals surface area (Å²) in [6.07, 6.45) is 0.0617. The molecule has 0 aromatic heterocycles. The zero-order valence-electron chi connectivity index (χ0n) is 13.1. The van der Waals surface area contributed by atoms with Gasteiger partial charge in [-0.1, -0.05) is 6.07 Å². The van der Waals surface area contributed by atoms with Crippen LogP contribution < -0.4 is 5.32 Å². The number of nitro benzene ring substituents is 1. The Morgan fingerprint density at radius 2 is 1.96 bits per heavy atom. The van der Waals surface area contributed by atoms with Gasteiger partial charge in [0.25, 0.3) is 5.69 Å². The summed E-state index contributed by atoms with van der Waals surface area (Å²) < 4.78 is 25.3. The fourth-order valence-corrected chi connectivity index (χ4v) is 4.09. The number of nitrogens with zero attached hydrogens (tertiary/aromatic N) is 1. The maximum absolute atomic E-state index is 12.6. The van der Waals surface area contributed by atoms with Crippen LogP contribution in [0.5, 0.6) is 0 Å². The van der Waals surface area contributed by atoms with Crippen molar-refractivity contribution in [2.75, 3.05) is 5.32 Å². The zero-order chi connectivity index (χ0) is 19.1. The molecule has 0 spiro atoms. The van der Waals surface area contributed by atoms with Crippen LogP contribution in [0, 0.1) is 10.1 Å². The van der Waals surface area contributed by atoms with Crippen LogP contribution in [0.25, 0.3) is 0 Å². The highest BCUT2D eigenvalue weighted by atomic mass is 32.2. The van der Waals surface area contributed by atoms with Crippen LogP contribution in [-0.2, 0) is 26.8 Å². The molecule has 26 heavy (non-hydrogen) atoms. The molecule has 0 aliphatic carbocycles. The quantitative estimate of drug-likeness (QED) is 0.597. The van der Waals surface area contributed by atoms with Crippen LogP contribution >= 0.6 is 0 Å². The standard InChI is InChI=1S/C16H12N2O7S/c19-15-7-11-5-12(3-4-13(11)17-15)26(24,25)8-10-2-1-9(16(20)21)6-14(10)18(22)23/h1-6H,7-8H2,(H,17,19)(H,20,21). The second-order valence-corrected chi connectivity index (χ2v) is 7.70. The average Bonchev–Trinajstić information content (AvgIpc) is 2.93. The second kappa shape index (κ2) is 6.23. The molecular formula is C16H12N2O7S. The first-order valence-electron chi connectivity index (χ1n) is 7.33. The Morgan fingerprint density at radius 1 is 1.23 bits per heavy atom. The van der Waals surface area contributed by atoms with E-state index < -0.39 is 32.2 Å². The molecule has 1 aliphatic heterocycles. The van der Waals surface area contributed by atoms with Crippen molar-refractivity contribution in [2.45, 2.75) is 17.1 Å². The molecule has 0 saturated carbocycles. The van der Waals surface area contributed by atoms with Gasteiger partial charge in [0.1, 0.15) is 0 Å². The van der Waals surface area contributed by atoms with E-state index in [-0.39, 0.29) is 28.4 Å². The highest BCUT2D eigenvalue weighted by Crippen LogP contribution is 2.29. The summed E-state index contributed by atoms with van der Waals surface area (Å²) >= 11 is 0. The van der Waals surface area contributed by atoms with Crippen molar-refractivity contribution in [3.05, 3.63) is 63.2 Å². The number of hydrogen-bond acceptors (Lipinski definition) is 6. The third kappa shape index (κ3) is 3.26. The molecule has 0 atom stereocenters. The molecule has 2 aromatic carbocycles. The van der Waals surface area contributed by atoms with E-state index in [1.165, 1.54) is 18.2 Å². The van der Waals surface area contributed by atoms with E-state index in [0.717, 1.165) is 18.2 Å². The number of nitrogens with one attached hydrogen (secondary N) is 1. The van der Waals surface area contributed by atoms with Crippen LogP contribution in [0.15, 0.2) is 41.3 Å². The molecule has 0 bridgehead atoms. The van der Waals surface area contributed by atoms with Gasteiger partial charge in [-0.25, -0.2) is 13.2 Å². The van der Waals surface area contributed by atoms with Crippen LogP contribution in [0.1, 0.15) is 21.5 Å². The minimum atomic E-state index is -3.93. The molecule has 2 aromatic rings. The molecule has 0 saturated heterocycles. The van der Waals surface area contributed by atoms with Gasteiger partial charge >= 0.3 is 5.97 Å². The van der Waals surface area contributed by atoms with Gasteiger partial charge in [-0.05, 0) is 29.8 Å². The molecule has 10 heteroatoms. The summed E-state index contributed by atoms with van der Waals surface area (Å²) in [7, 11) is -3.93. The van der Waals surface area contributed by atoms with Crippen molar-refractivity contribution >= 4 is 33.1 Å². The lowest BCUT2D eigenvalue weighted by molar-refractivity contribution is -0.385. The maximum Gasteiger partial charge on any atom is 0.335 e. The number of carbonyl (C=O) groups excluding carboxylic acids is 1. The SMILES string of the molecule is O=C1Cc2cc(S(=O)(=O)Cc3ccc(C(=O)O)cc3[N+](=O)[O-])ccc2N1. The van der Waals surface area contributed by atoms with E-state index in [1.54, 1.807) is 0 Å². The first-order chi connectivity index (χ1) is 12.2. The van der Waals surface area contributed by atoms with Gasteiger partial charge in [-0.3, -0.25) is 14.9 Å². The number of nitro groups is 1. The van der Waals surface area contributed by atoms with E-state index in [9.17, 15) is 28.1 Å². The van der Waals surface area contributed by atoms with E-state index in [2.05, 4.69) is 5.32 Å². The molecule has 9 nitrogen and oxygen atoms in total. The van der Waals surface area contributed by atoms with Crippen molar-refractivity contribution in [1.29, 1.82) is 0 Å². The van der Waals surface area contributed by atoms with E-state index >= 15 is 0 Å². The van der Waals surface area contributed by atoms with Crippen molar-refractivity contribution in [2.24, 2.45) is 0 Å². The summed E-state index contributed by atoms with van der Waals surface area (Å²) in [5, 5.41) is 22.7. The van der Waals surface area contributed by atoms with Crippen molar-refractivity contribution in [3.63, 3.8) is 0 Å². The third-order valence-corrected chi connectivity index (χ3v) is 5.60. The smallest absolute Gasteiger partial charge is 0.335 e. The number of amides is 1. The Labute approximate surface area is 147 Å². The fourth-order valence-electron chi connectivity index (χ4n) is 2.68. The van der Waals surface area contributed by atoms with Gasteiger partial charge in [-0.15, -0.1) is 0 Å². The highest BCUT2D eigenvalue weighted by Gasteiger charge is 2.26. The molecule has 0 unspecified atom stereocenters. The first-order valence-corrected chi connectivity index (χ1v) is 8.99. The normalized spacial score (nSPS) is 13.2. The predicted molar refractivity (Wildman–Crippen MR) is 89.7 cm³/mol. The zero-order valence-corrected chi connectivity index (χ0v) is 13.9. The molecule has 1 amide bonds.